The maximum absolute atomic E-state index is 12.4. The van der Waals surface area contributed by atoms with Crippen molar-refractivity contribution in [1.82, 2.24) is 14.8 Å². The highest BCUT2D eigenvalue weighted by molar-refractivity contribution is 6.00. The lowest BCUT2D eigenvalue weighted by Gasteiger charge is -2.36. The normalized spacial score (nSPS) is 19.9. The monoisotopic (exact) mass is 469 g/mol. The molecule has 2 heterocycles. The highest BCUT2D eigenvalue weighted by Gasteiger charge is 2.37. The van der Waals surface area contributed by atoms with Crippen molar-refractivity contribution in [3.63, 3.8) is 0 Å². The largest absolute Gasteiger partial charge is 0.412 e. The van der Waals surface area contributed by atoms with Crippen molar-refractivity contribution in [2.75, 3.05) is 19.6 Å². The first-order valence-corrected chi connectivity index (χ1v) is 12.5. The number of benzene rings is 1. The van der Waals surface area contributed by atoms with Gasteiger partial charge in [0.2, 0.25) is 11.8 Å². The van der Waals surface area contributed by atoms with Crippen molar-refractivity contribution < 1.29 is 19.9 Å². The van der Waals surface area contributed by atoms with E-state index in [0.717, 1.165) is 74.4 Å². The number of hydrogen-bond acceptors (Lipinski definition) is 4. The van der Waals surface area contributed by atoms with E-state index >= 15 is 0 Å². The smallest absolute Gasteiger partial charge is 0.229 e. The van der Waals surface area contributed by atoms with Gasteiger partial charge in [0.1, 0.15) is 0 Å². The lowest BCUT2D eigenvalue weighted by Crippen LogP contribution is -2.46. The third-order valence-corrected chi connectivity index (χ3v) is 7.36. The zero-order valence-electron chi connectivity index (χ0n) is 20.8. The summed E-state index contributed by atoms with van der Waals surface area (Å²) in [4.78, 5) is 43.7. The Kier molecular flexibility index (Phi) is 8.31. The number of nitrogens with one attached hydrogen (secondary N) is 1. The van der Waals surface area contributed by atoms with Crippen LogP contribution >= 0.6 is 0 Å². The molecule has 7 heteroatoms. The van der Waals surface area contributed by atoms with E-state index in [-0.39, 0.29) is 22.7 Å². The first kappa shape index (κ1) is 26.1. The predicted molar refractivity (Wildman–Crippen MR) is 134 cm³/mol. The Morgan fingerprint density at radius 2 is 1.88 bits per heavy atom. The minimum atomic E-state index is -0.214. The van der Waals surface area contributed by atoms with Crippen LogP contribution in [0.15, 0.2) is 18.3 Å². The Morgan fingerprint density at radius 1 is 1.15 bits per heavy atom. The molecule has 0 bridgehead atoms. The number of H-pyrrole nitrogens is 1. The highest BCUT2D eigenvalue weighted by Crippen LogP contribution is 2.33. The Labute approximate surface area is 202 Å². The number of nitrogens with zero attached hydrogens (tertiary/aromatic N) is 2. The molecule has 1 atom stereocenters. The number of aldehydes is 1. The predicted octanol–water partition coefficient (Wildman–Crippen LogP) is 3.68. The molecule has 1 fully saturated rings. The van der Waals surface area contributed by atoms with Crippen LogP contribution < -0.4 is 0 Å². The fraction of sp³-hybridized carbons (Fsp3) is 0.593. The summed E-state index contributed by atoms with van der Waals surface area (Å²) in [6.45, 7) is 8.74. The van der Waals surface area contributed by atoms with Crippen LogP contribution in [-0.4, -0.2) is 64.0 Å². The fourth-order valence-electron chi connectivity index (χ4n) is 5.71. The number of rotatable bonds is 9. The SMILES string of the molecule is CCCN(CCCCN1C(=O)CC(C)(C)CC1=O)[C@H]1CCc2ccc3[nH]cc(C=O)c3c2C1.O. The molecule has 186 valence electrons. The number of carbonyl (C=O) groups is 3. The first-order valence-electron chi connectivity index (χ1n) is 12.5. The van der Waals surface area contributed by atoms with E-state index in [0.29, 0.717) is 25.4 Å². The second-order valence-electron chi connectivity index (χ2n) is 10.6. The average molecular weight is 470 g/mol. The van der Waals surface area contributed by atoms with Crippen LogP contribution in [0.5, 0.6) is 0 Å². The van der Waals surface area contributed by atoms with Crippen LogP contribution in [0.2, 0.25) is 0 Å². The van der Waals surface area contributed by atoms with Crippen molar-refractivity contribution in [2.45, 2.75) is 78.2 Å². The lowest BCUT2D eigenvalue weighted by atomic mass is 9.81. The molecule has 1 aromatic carbocycles. The minimum absolute atomic E-state index is 0. The summed E-state index contributed by atoms with van der Waals surface area (Å²) in [5.41, 5.74) is 4.26. The van der Waals surface area contributed by atoms with Crippen LogP contribution in [0.3, 0.4) is 0 Å². The number of imide groups is 1. The van der Waals surface area contributed by atoms with Crippen molar-refractivity contribution in [2.24, 2.45) is 5.41 Å². The van der Waals surface area contributed by atoms with Gasteiger partial charge in [-0.25, -0.2) is 0 Å². The summed E-state index contributed by atoms with van der Waals surface area (Å²) in [7, 11) is 0. The van der Waals surface area contributed by atoms with E-state index in [1.54, 1.807) is 0 Å². The van der Waals surface area contributed by atoms with E-state index in [9.17, 15) is 14.4 Å². The van der Waals surface area contributed by atoms with E-state index in [1.165, 1.54) is 16.0 Å². The highest BCUT2D eigenvalue weighted by atomic mass is 16.2. The third kappa shape index (κ3) is 5.41. The zero-order valence-corrected chi connectivity index (χ0v) is 20.8. The number of likely N-dealkylation sites (tertiary alicyclic amines) is 1. The minimum Gasteiger partial charge on any atom is -0.412 e. The zero-order chi connectivity index (χ0) is 23.6. The van der Waals surface area contributed by atoms with Crippen LogP contribution in [0.4, 0.5) is 0 Å². The van der Waals surface area contributed by atoms with Gasteiger partial charge in [0.05, 0.1) is 0 Å². The molecule has 1 saturated heterocycles. The lowest BCUT2D eigenvalue weighted by molar-refractivity contribution is -0.152. The van der Waals surface area contributed by atoms with Crippen LogP contribution in [0.25, 0.3) is 10.9 Å². The maximum Gasteiger partial charge on any atom is 0.229 e. The molecule has 2 amide bonds. The summed E-state index contributed by atoms with van der Waals surface area (Å²) in [5, 5.41) is 1.09. The summed E-state index contributed by atoms with van der Waals surface area (Å²) in [5.74, 6) is -0.0425. The van der Waals surface area contributed by atoms with Crippen LogP contribution in [0.1, 0.15) is 80.8 Å². The molecule has 0 unspecified atom stereocenters. The van der Waals surface area contributed by atoms with E-state index < -0.39 is 0 Å². The quantitative estimate of drug-likeness (QED) is 0.343. The van der Waals surface area contributed by atoms with Gasteiger partial charge in [0.25, 0.3) is 0 Å². The number of hydrogen-bond donors (Lipinski definition) is 1. The average Bonchev–Trinajstić information content (AvgIpc) is 3.20. The fourth-order valence-corrected chi connectivity index (χ4v) is 5.71. The molecule has 2 aromatic rings. The third-order valence-electron chi connectivity index (χ3n) is 7.36. The van der Waals surface area contributed by atoms with Gasteiger partial charge in [0, 0.05) is 48.1 Å². The Hall–Kier alpha value is -2.51. The van der Waals surface area contributed by atoms with Gasteiger partial charge >= 0.3 is 0 Å². The van der Waals surface area contributed by atoms with Crippen LogP contribution in [-0.2, 0) is 22.4 Å². The molecule has 1 aliphatic heterocycles. The molecule has 0 saturated carbocycles. The van der Waals surface area contributed by atoms with Gasteiger partial charge in [-0.3, -0.25) is 19.3 Å². The van der Waals surface area contributed by atoms with Gasteiger partial charge in [-0.2, -0.15) is 0 Å². The van der Waals surface area contributed by atoms with Crippen molar-refractivity contribution in [3.05, 3.63) is 35.0 Å². The van der Waals surface area contributed by atoms with Gasteiger partial charge in [-0.1, -0.05) is 26.8 Å². The Morgan fingerprint density at radius 3 is 2.56 bits per heavy atom. The number of piperidine rings is 1. The maximum atomic E-state index is 12.4. The summed E-state index contributed by atoms with van der Waals surface area (Å²) in [6.07, 6.45) is 9.71. The number of fused-ring (bicyclic) bond motifs is 3. The number of amides is 2. The number of aromatic amines is 1. The summed E-state index contributed by atoms with van der Waals surface area (Å²) in [6, 6.07) is 4.75. The second kappa shape index (κ2) is 10.8. The van der Waals surface area contributed by atoms with Gasteiger partial charge in [-0.15, -0.1) is 0 Å². The summed E-state index contributed by atoms with van der Waals surface area (Å²) < 4.78 is 0. The van der Waals surface area contributed by atoms with Gasteiger partial charge in [-0.05, 0) is 74.2 Å². The molecule has 0 spiro atoms. The van der Waals surface area contributed by atoms with E-state index in [1.807, 2.05) is 20.0 Å². The molecular formula is C27H39N3O4. The summed E-state index contributed by atoms with van der Waals surface area (Å²) >= 11 is 0. The van der Waals surface area contributed by atoms with Gasteiger partial charge < -0.3 is 15.4 Å². The molecule has 1 aliphatic carbocycles. The molecule has 34 heavy (non-hydrogen) atoms. The molecule has 4 rings (SSSR count). The number of unbranched alkanes of at least 4 members (excludes halogenated alkanes) is 1. The van der Waals surface area contributed by atoms with E-state index in [4.69, 9.17) is 0 Å². The Balaban J connectivity index is 0.00000324. The van der Waals surface area contributed by atoms with Crippen molar-refractivity contribution in [1.29, 1.82) is 0 Å². The Bertz CT molecular complexity index is 1020. The molecular weight excluding hydrogens is 430 g/mol. The molecule has 7 nitrogen and oxygen atoms in total. The first-order chi connectivity index (χ1) is 15.8. The second-order valence-corrected chi connectivity index (χ2v) is 10.6. The van der Waals surface area contributed by atoms with Crippen molar-refractivity contribution in [3.8, 4) is 0 Å². The molecule has 3 N–H and O–H groups in total. The van der Waals surface area contributed by atoms with Crippen LogP contribution in [0, 0.1) is 5.41 Å². The standard InChI is InChI=1S/C27H37N3O3.H2O/c1-4-11-29(12-5-6-13-30-24(32)15-27(2,3)16-25(30)33)21-9-7-19-8-10-23-26(22(19)14-21)20(18-31)17-28-23;/h8,10,17-18,21,28H,4-7,9,11-16H2,1-3H3;1H2/t21-;/m0./s1. The molecule has 2 aliphatic rings. The number of aryl methyl sites for hydroxylation is 1. The number of aromatic nitrogens is 1. The molecule has 0 radical (unpaired) electrons. The topological polar surface area (TPSA) is 105 Å². The van der Waals surface area contributed by atoms with E-state index in [2.05, 4.69) is 28.9 Å². The molecule has 1 aromatic heterocycles. The van der Waals surface area contributed by atoms with Crippen molar-refractivity contribution >= 4 is 29.0 Å². The number of carbonyl (C=O) groups excluding carboxylic acids is 3. The van der Waals surface area contributed by atoms with Gasteiger partial charge in [0.15, 0.2) is 6.29 Å².